The molecule has 0 aromatic rings. The second-order valence-electron chi connectivity index (χ2n) is 6.88. The number of carbonyl (C=O) groups is 2. The van der Waals surface area contributed by atoms with E-state index in [0.717, 1.165) is 12.8 Å². The normalized spacial score (nSPS) is 45.7. The van der Waals surface area contributed by atoms with Crippen molar-refractivity contribution in [2.75, 3.05) is 0 Å². The van der Waals surface area contributed by atoms with E-state index in [4.69, 9.17) is 0 Å². The lowest BCUT2D eigenvalue weighted by atomic mass is 9.66. The van der Waals surface area contributed by atoms with E-state index < -0.39 is 5.41 Å². The number of allylic oxidation sites excluding steroid dienone is 2. The first kappa shape index (κ1) is 11.9. The van der Waals surface area contributed by atoms with E-state index in [-0.39, 0.29) is 40.5 Å². The standard InChI is InChI=1S/C15H20O3/c1-7-5-6-9-14(3,4)10-8(2)11(16)13(18)15(7,9)12(10)17/h7,9-10,16H,5-6H2,1-4H3/t7-,9+,10-,15-/m0/s1. The minimum atomic E-state index is -0.919. The number of hydrogen-bond donors (Lipinski definition) is 1. The summed E-state index contributed by atoms with van der Waals surface area (Å²) < 4.78 is 0. The lowest BCUT2D eigenvalue weighted by Gasteiger charge is -2.33. The van der Waals surface area contributed by atoms with Gasteiger partial charge < -0.3 is 5.11 Å². The van der Waals surface area contributed by atoms with E-state index in [1.807, 2.05) is 6.92 Å². The number of aliphatic hydroxyl groups excluding tert-OH is 1. The van der Waals surface area contributed by atoms with Crippen molar-refractivity contribution in [3.05, 3.63) is 11.3 Å². The van der Waals surface area contributed by atoms with Crippen molar-refractivity contribution in [3.63, 3.8) is 0 Å². The van der Waals surface area contributed by atoms with Crippen LogP contribution in [0.1, 0.15) is 40.5 Å². The van der Waals surface area contributed by atoms with Gasteiger partial charge in [-0.15, -0.1) is 0 Å². The van der Waals surface area contributed by atoms with Gasteiger partial charge in [-0.2, -0.15) is 0 Å². The summed E-state index contributed by atoms with van der Waals surface area (Å²) >= 11 is 0. The van der Waals surface area contributed by atoms with Gasteiger partial charge in [0.2, 0.25) is 5.78 Å². The monoisotopic (exact) mass is 248 g/mol. The Bertz CT molecular complexity index is 500. The Morgan fingerprint density at radius 3 is 2.44 bits per heavy atom. The molecule has 18 heavy (non-hydrogen) atoms. The van der Waals surface area contributed by atoms with Gasteiger partial charge in [0.15, 0.2) is 11.5 Å². The molecule has 0 aliphatic heterocycles. The number of Topliss-reactive ketones (excluding diaryl/α,β-unsaturated/α-hetero) is 2. The molecule has 3 rings (SSSR count). The SMILES string of the molecule is CC1=C(O)C(=O)[C@]23C(=O)[C@H]1C(C)(C)[C@H]2CC[C@@H]3C. The molecule has 1 N–H and O–H groups in total. The lowest BCUT2D eigenvalue weighted by molar-refractivity contribution is -0.144. The highest BCUT2D eigenvalue weighted by Crippen LogP contribution is 2.68. The quantitative estimate of drug-likeness (QED) is 0.670. The van der Waals surface area contributed by atoms with Crippen molar-refractivity contribution in [2.24, 2.45) is 28.6 Å². The maximum Gasteiger partial charge on any atom is 0.211 e. The Labute approximate surface area is 107 Å². The molecule has 2 fully saturated rings. The van der Waals surface area contributed by atoms with E-state index in [0.29, 0.717) is 5.57 Å². The number of fused-ring (bicyclic) bond motifs is 1. The molecule has 0 aromatic carbocycles. The van der Waals surface area contributed by atoms with Gasteiger partial charge in [-0.05, 0) is 42.6 Å². The summed E-state index contributed by atoms with van der Waals surface area (Å²) in [6.07, 6.45) is 1.83. The van der Waals surface area contributed by atoms with Gasteiger partial charge in [-0.25, -0.2) is 0 Å². The molecule has 2 saturated carbocycles. The predicted octanol–water partition coefficient (Wildman–Crippen LogP) is 2.66. The van der Waals surface area contributed by atoms with E-state index in [2.05, 4.69) is 13.8 Å². The lowest BCUT2D eigenvalue weighted by Crippen LogP contribution is -2.47. The molecule has 3 aliphatic carbocycles. The van der Waals surface area contributed by atoms with Crippen molar-refractivity contribution in [1.29, 1.82) is 0 Å². The van der Waals surface area contributed by atoms with Crippen LogP contribution in [0.15, 0.2) is 11.3 Å². The summed E-state index contributed by atoms with van der Waals surface area (Å²) in [5.74, 6) is -0.497. The van der Waals surface area contributed by atoms with Crippen molar-refractivity contribution in [1.82, 2.24) is 0 Å². The van der Waals surface area contributed by atoms with Crippen LogP contribution in [0.3, 0.4) is 0 Å². The molecule has 0 radical (unpaired) electrons. The van der Waals surface area contributed by atoms with Crippen LogP contribution < -0.4 is 0 Å². The van der Waals surface area contributed by atoms with Gasteiger partial charge in [0.25, 0.3) is 0 Å². The zero-order chi connectivity index (χ0) is 13.5. The molecule has 3 aliphatic rings. The second kappa shape index (κ2) is 3.06. The first-order valence-electron chi connectivity index (χ1n) is 6.76. The molecule has 0 amide bonds. The fourth-order valence-corrected chi connectivity index (χ4v) is 5.13. The molecule has 3 nitrogen and oxygen atoms in total. The molecular weight excluding hydrogens is 228 g/mol. The molecule has 98 valence electrons. The highest BCUT2D eigenvalue weighted by molar-refractivity contribution is 6.20. The molecule has 0 unspecified atom stereocenters. The second-order valence-corrected chi connectivity index (χ2v) is 6.88. The van der Waals surface area contributed by atoms with Crippen molar-refractivity contribution < 1.29 is 14.7 Å². The van der Waals surface area contributed by atoms with Gasteiger partial charge in [0.05, 0.1) is 0 Å². The van der Waals surface area contributed by atoms with Gasteiger partial charge in [0, 0.05) is 5.92 Å². The van der Waals surface area contributed by atoms with Crippen molar-refractivity contribution in [2.45, 2.75) is 40.5 Å². The molecule has 2 bridgehead atoms. The molecule has 0 aromatic heterocycles. The van der Waals surface area contributed by atoms with Gasteiger partial charge in [-0.3, -0.25) is 9.59 Å². The highest BCUT2D eigenvalue weighted by Gasteiger charge is 2.74. The van der Waals surface area contributed by atoms with E-state index >= 15 is 0 Å². The first-order valence-corrected chi connectivity index (χ1v) is 6.76. The Kier molecular flexibility index (Phi) is 2.03. The van der Waals surface area contributed by atoms with Gasteiger partial charge in [0.1, 0.15) is 5.41 Å². The summed E-state index contributed by atoms with van der Waals surface area (Å²) in [6, 6.07) is 0. The van der Waals surface area contributed by atoms with Crippen molar-refractivity contribution in [3.8, 4) is 0 Å². The molecule has 1 spiro atoms. The first-order chi connectivity index (χ1) is 8.27. The van der Waals surface area contributed by atoms with Gasteiger partial charge >= 0.3 is 0 Å². The Morgan fingerprint density at radius 1 is 1.22 bits per heavy atom. The average molecular weight is 248 g/mol. The smallest absolute Gasteiger partial charge is 0.211 e. The van der Waals surface area contributed by atoms with E-state index in [1.54, 1.807) is 6.92 Å². The zero-order valence-electron chi connectivity index (χ0n) is 11.4. The highest BCUT2D eigenvalue weighted by atomic mass is 16.3. The minimum Gasteiger partial charge on any atom is -0.504 e. The average Bonchev–Trinajstić information content (AvgIpc) is 2.70. The Morgan fingerprint density at radius 2 is 1.83 bits per heavy atom. The van der Waals surface area contributed by atoms with Crippen LogP contribution in [0, 0.1) is 28.6 Å². The summed E-state index contributed by atoms with van der Waals surface area (Å²) in [5, 5.41) is 10.1. The van der Waals surface area contributed by atoms with E-state index in [1.165, 1.54) is 0 Å². The molecule has 3 heteroatoms. The predicted molar refractivity (Wildman–Crippen MR) is 66.9 cm³/mol. The van der Waals surface area contributed by atoms with E-state index in [9.17, 15) is 14.7 Å². The maximum atomic E-state index is 12.8. The molecule has 0 heterocycles. The minimum absolute atomic E-state index is 0.0574. The Balaban J connectivity index is 2.34. The summed E-state index contributed by atoms with van der Waals surface area (Å²) in [6.45, 7) is 7.88. The number of rotatable bonds is 0. The molecular formula is C15H20O3. The fraction of sp³-hybridized carbons (Fsp3) is 0.733. The maximum absolute atomic E-state index is 12.8. The van der Waals surface area contributed by atoms with Crippen LogP contribution in [-0.4, -0.2) is 16.7 Å². The van der Waals surface area contributed by atoms with Crippen LogP contribution in [0.4, 0.5) is 0 Å². The summed E-state index contributed by atoms with van der Waals surface area (Å²) in [4.78, 5) is 25.4. The summed E-state index contributed by atoms with van der Waals surface area (Å²) in [7, 11) is 0. The van der Waals surface area contributed by atoms with Crippen molar-refractivity contribution >= 4 is 11.6 Å². The summed E-state index contributed by atoms with van der Waals surface area (Å²) in [5.41, 5.74) is -0.550. The van der Waals surface area contributed by atoms with Crippen LogP contribution in [0.5, 0.6) is 0 Å². The number of aliphatic hydroxyl groups is 1. The topological polar surface area (TPSA) is 54.4 Å². The third-order valence-corrected chi connectivity index (χ3v) is 5.92. The third-order valence-electron chi connectivity index (χ3n) is 5.92. The number of hydrogen-bond acceptors (Lipinski definition) is 3. The van der Waals surface area contributed by atoms with Crippen LogP contribution in [-0.2, 0) is 9.59 Å². The molecule has 4 atom stereocenters. The number of ketones is 2. The largest absolute Gasteiger partial charge is 0.504 e. The van der Waals surface area contributed by atoms with Crippen LogP contribution in [0.2, 0.25) is 0 Å². The zero-order valence-corrected chi connectivity index (χ0v) is 11.4. The van der Waals surface area contributed by atoms with Crippen LogP contribution in [0.25, 0.3) is 0 Å². The van der Waals surface area contributed by atoms with Crippen LogP contribution >= 0.6 is 0 Å². The molecule has 0 saturated heterocycles. The third kappa shape index (κ3) is 0.918. The van der Waals surface area contributed by atoms with Gasteiger partial charge in [-0.1, -0.05) is 20.8 Å². The number of carbonyl (C=O) groups excluding carboxylic acids is 2. The Hall–Kier alpha value is -1.12. The fourth-order valence-electron chi connectivity index (χ4n) is 5.13.